The largest absolute Gasteiger partial charge is 0.478 e. The van der Waals surface area contributed by atoms with Crippen molar-refractivity contribution in [3.05, 3.63) is 65.0 Å². The van der Waals surface area contributed by atoms with Crippen LogP contribution >= 0.6 is 0 Å². The highest BCUT2D eigenvalue weighted by Gasteiger charge is 2.19. The number of rotatable bonds is 5. The number of aromatic carboxylic acids is 1. The Morgan fingerprint density at radius 2 is 1.91 bits per heavy atom. The molecule has 116 valence electrons. The lowest BCUT2D eigenvalue weighted by Crippen LogP contribution is -2.24. The van der Waals surface area contributed by atoms with Crippen molar-refractivity contribution in [2.75, 3.05) is 0 Å². The third-order valence-corrected chi connectivity index (χ3v) is 4.50. The molecule has 0 bridgehead atoms. The van der Waals surface area contributed by atoms with E-state index in [1.54, 1.807) is 6.07 Å². The summed E-state index contributed by atoms with van der Waals surface area (Å²) in [5.41, 5.74) is 0.755. The van der Waals surface area contributed by atoms with Crippen LogP contribution in [0.2, 0.25) is 0 Å². The second-order valence-corrected chi connectivity index (χ2v) is 6.45. The smallest absolute Gasteiger partial charge is 0.335 e. The van der Waals surface area contributed by atoms with Crippen molar-refractivity contribution in [1.82, 2.24) is 4.72 Å². The molecule has 2 aromatic rings. The molecule has 0 unspecified atom stereocenters. The van der Waals surface area contributed by atoms with Gasteiger partial charge in [0, 0.05) is 6.54 Å². The second kappa shape index (κ2) is 6.25. The number of carboxylic acid groups (broad SMARTS) is 1. The van der Waals surface area contributed by atoms with Crippen molar-refractivity contribution in [3.8, 4) is 0 Å². The number of benzene rings is 2. The first-order valence-corrected chi connectivity index (χ1v) is 7.86. The van der Waals surface area contributed by atoms with Gasteiger partial charge in [0.15, 0.2) is 0 Å². The zero-order valence-corrected chi connectivity index (χ0v) is 12.5. The topological polar surface area (TPSA) is 83.5 Å². The molecule has 0 atom stereocenters. The molecular formula is C15H14FNO4S. The van der Waals surface area contributed by atoms with Gasteiger partial charge in [-0.25, -0.2) is 22.3 Å². The summed E-state index contributed by atoms with van der Waals surface area (Å²) in [5, 5.41) is 8.89. The minimum absolute atomic E-state index is 0.0541. The lowest BCUT2D eigenvalue weighted by atomic mass is 10.1. The Morgan fingerprint density at radius 3 is 2.59 bits per heavy atom. The average molecular weight is 323 g/mol. The van der Waals surface area contributed by atoms with Crippen LogP contribution < -0.4 is 4.72 Å². The predicted octanol–water partition coefficient (Wildman–Crippen LogP) is 2.31. The van der Waals surface area contributed by atoms with E-state index >= 15 is 0 Å². The summed E-state index contributed by atoms with van der Waals surface area (Å²) in [6, 6.07) is 9.97. The molecule has 0 saturated heterocycles. The molecule has 0 aliphatic heterocycles. The highest BCUT2D eigenvalue weighted by Crippen LogP contribution is 2.17. The minimum Gasteiger partial charge on any atom is -0.478 e. The van der Waals surface area contributed by atoms with Crippen molar-refractivity contribution in [1.29, 1.82) is 0 Å². The molecule has 22 heavy (non-hydrogen) atoms. The van der Waals surface area contributed by atoms with E-state index in [2.05, 4.69) is 4.72 Å². The van der Waals surface area contributed by atoms with E-state index < -0.39 is 26.7 Å². The zero-order valence-electron chi connectivity index (χ0n) is 11.7. The van der Waals surface area contributed by atoms with Crippen LogP contribution in [0, 0.1) is 12.7 Å². The van der Waals surface area contributed by atoms with E-state index in [1.165, 1.54) is 43.3 Å². The number of carboxylic acids is 1. The molecule has 2 N–H and O–H groups in total. The molecule has 0 fully saturated rings. The Kier molecular flexibility index (Phi) is 4.58. The van der Waals surface area contributed by atoms with Crippen LogP contribution in [0.15, 0.2) is 47.4 Å². The van der Waals surface area contributed by atoms with Gasteiger partial charge in [-0.2, -0.15) is 0 Å². The number of hydrogen-bond acceptors (Lipinski definition) is 3. The first-order chi connectivity index (χ1) is 10.3. The van der Waals surface area contributed by atoms with Gasteiger partial charge in [0.05, 0.1) is 5.56 Å². The van der Waals surface area contributed by atoms with Crippen LogP contribution in [-0.2, 0) is 16.6 Å². The van der Waals surface area contributed by atoms with Crippen molar-refractivity contribution >= 4 is 16.0 Å². The Bertz CT molecular complexity index is 818. The van der Waals surface area contributed by atoms with Crippen LogP contribution in [0.5, 0.6) is 0 Å². The molecule has 0 spiro atoms. The van der Waals surface area contributed by atoms with Gasteiger partial charge >= 0.3 is 5.97 Å². The van der Waals surface area contributed by atoms with Gasteiger partial charge in [-0.1, -0.05) is 24.3 Å². The minimum atomic E-state index is -4.02. The average Bonchev–Trinajstić information content (AvgIpc) is 2.48. The lowest BCUT2D eigenvalue weighted by Gasteiger charge is -2.09. The Hall–Kier alpha value is -2.25. The number of nitrogens with one attached hydrogen (secondary N) is 1. The fourth-order valence-electron chi connectivity index (χ4n) is 1.90. The van der Waals surface area contributed by atoms with Gasteiger partial charge in [-0.15, -0.1) is 0 Å². The molecule has 0 radical (unpaired) electrons. The van der Waals surface area contributed by atoms with Crippen molar-refractivity contribution in [2.24, 2.45) is 0 Å². The molecule has 0 heterocycles. The highest BCUT2D eigenvalue weighted by molar-refractivity contribution is 7.89. The maximum atomic E-state index is 13.9. The fraction of sp³-hybridized carbons (Fsp3) is 0.133. The SMILES string of the molecule is Cc1cccc(S(=O)(=O)NCc2cccc(C(=O)O)c2)c1F. The third-order valence-electron chi connectivity index (χ3n) is 3.09. The summed E-state index contributed by atoms with van der Waals surface area (Å²) in [6.45, 7) is 1.35. The normalized spacial score (nSPS) is 11.4. The van der Waals surface area contributed by atoms with Gasteiger partial charge in [-0.3, -0.25) is 0 Å². The third kappa shape index (κ3) is 3.49. The van der Waals surface area contributed by atoms with Crippen LogP contribution in [0.1, 0.15) is 21.5 Å². The molecule has 0 saturated carbocycles. The standard InChI is InChI=1S/C15H14FNO4S/c1-10-4-2-7-13(14(10)16)22(20,21)17-9-11-5-3-6-12(8-11)15(18)19/h2-8,17H,9H2,1H3,(H,18,19). The molecule has 0 aliphatic carbocycles. The van der Waals surface area contributed by atoms with E-state index in [9.17, 15) is 17.6 Å². The summed E-state index contributed by atoms with van der Waals surface area (Å²) in [6.07, 6.45) is 0. The molecule has 2 rings (SSSR count). The van der Waals surface area contributed by atoms with Crippen molar-refractivity contribution in [2.45, 2.75) is 18.4 Å². The lowest BCUT2D eigenvalue weighted by molar-refractivity contribution is 0.0696. The van der Waals surface area contributed by atoms with Crippen molar-refractivity contribution in [3.63, 3.8) is 0 Å². The summed E-state index contributed by atoms with van der Waals surface area (Å²) in [7, 11) is -4.02. The van der Waals surface area contributed by atoms with Gasteiger partial charge < -0.3 is 5.11 Å². The maximum Gasteiger partial charge on any atom is 0.335 e. The molecule has 7 heteroatoms. The first-order valence-electron chi connectivity index (χ1n) is 6.38. The number of sulfonamides is 1. The fourth-order valence-corrected chi connectivity index (χ4v) is 3.07. The summed E-state index contributed by atoms with van der Waals surface area (Å²) in [4.78, 5) is 10.4. The van der Waals surface area contributed by atoms with E-state index in [4.69, 9.17) is 5.11 Å². The number of carbonyl (C=O) groups is 1. The van der Waals surface area contributed by atoms with E-state index in [0.29, 0.717) is 5.56 Å². The van der Waals surface area contributed by atoms with Gasteiger partial charge in [0.25, 0.3) is 0 Å². The number of halogens is 1. The number of hydrogen-bond donors (Lipinski definition) is 2. The van der Waals surface area contributed by atoms with E-state index in [-0.39, 0.29) is 17.7 Å². The molecular weight excluding hydrogens is 309 g/mol. The summed E-state index contributed by atoms with van der Waals surface area (Å²) >= 11 is 0. The molecule has 5 nitrogen and oxygen atoms in total. The Morgan fingerprint density at radius 1 is 1.23 bits per heavy atom. The molecule has 0 aliphatic rings. The van der Waals surface area contributed by atoms with Gasteiger partial charge in [0.1, 0.15) is 10.7 Å². The predicted molar refractivity (Wildman–Crippen MR) is 78.6 cm³/mol. The zero-order chi connectivity index (χ0) is 16.3. The number of aryl methyl sites for hydroxylation is 1. The summed E-state index contributed by atoms with van der Waals surface area (Å²) < 4.78 is 40.4. The quantitative estimate of drug-likeness (QED) is 0.884. The second-order valence-electron chi connectivity index (χ2n) is 4.72. The molecule has 0 aromatic heterocycles. The van der Waals surface area contributed by atoms with Crippen LogP contribution in [0.25, 0.3) is 0 Å². The van der Waals surface area contributed by atoms with Gasteiger partial charge in [-0.05, 0) is 36.2 Å². The summed E-state index contributed by atoms with van der Waals surface area (Å²) in [5.74, 6) is -1.90. The monoisotopic (exact) mass is 323 g/mol. The van der Waals surface area contributed by atoms with Crippen LogP contribution in [-0.4, -0.2) is 19.5 Å². The van der Waals surface area contributed by atoms with Gasteiger partial charge in [0.2, 0.25) is 10.0 Å². The van der Waals surface area contributed by atoms with Crippen LogP contribution in [0.4, 0.5) is 4.39 Å². The first kappa shape index (κ1) is 16.1. The van der Waals surface area contributed by atoms with Crippen molar-refractivity contribution < 1.29 is 22.7 Å². The van der Waals surface area contributed by atoms with Crippen LogP contribution in [0.3, 0.4) is 0 Å². The molecule has 0 amide bonds. The highest BCUT2D eigenvalue weighted by atomic mass is 32.2. The maximum absolute atomic E-state index is 13.9. The molecule has 2 aromatic carbocycles. The Labute approximate surface area is 127 Å². The Balaban J connectivity index is 2.22. The van der Waals surface area contributed by atoms with E-state index in [0.717, 1.165) is 0 Å². The van der Waals surface area contributed by atoms with E-state index in [1.807, 2.05) is 0 Å².